The molecule has 0 radical (unpaired) electrons. The fraction of sp³-hybridized carbons (Fsp3) is 0.784. The van der Waals surface area contributed by atoms with E-state index in [0.717, 1.165) is 57.8 Å². The van der Waals surface area contributed by atoms with E-state index in [0.29, 0.717) is 6.42 Å². The lowest BCUT2D eigenvalue weighted by Gasteiger charge is -2.48. The van der Waals surface area contributed by atoms with E-state index in [1.807, 2.05) is 0 Å². The summed E-state index contributed by atoms with van der Waals surface area (Å²) in [5.74, 6) is -1.15. The fourth-order valence-corrected chi connectivity index (χ4v) is 5.04. The van der Waals surface area contributed by atoms with Crippen molar-refractivity contribution in [1.29, 1.82) is 0 Å². The van der Waals surface area contributed by atoms with Gasteiger partial charge in [-0.25, -0.2) is 0 Å². The van der Waals surface area contributed by atoms with Crippen LogP contribution >= 0.6 is 0 Å². The van der Waals surface area contributed by atoms with Crippen LogP contribution in [0.15, 0.2) is 36.5 Å². The van der Waals surface area contributed by atoms with Crippen molar-refractivity contribution in [3.63, 3.8) is 0 Å². The van der Waals surface area contributed by atoms with Gasteiger partial charge in [0.2, 0.25) is 5.91 Å². The summed E-state index contributed by atoms with van der Waals surface area (Å²) in [4.78, 5) is 27.8. The van der Waals surface area contributed by atoms with E-state index < -0.39 is 73.1 Å². The Balaban J connectivity index is 4.91. The van der Waals surface area contributed by atoms with Crippen LogP contribution in [-0.4, -0.2) is 132 Å². The number of likely N-dealkylation sites (N-methyl/N-ethyl adjacent to an activating group) is 1. The third kappa shape index (κ3) is 17.8. The summed E-state index contributed by atoms with van der Waals surface area (Å²) >= 11 is 0. The van der Waals surface area contributed by atoms with Crippen LogP contribution in [-0.2, 0) is 14.3 Å². The lowest BCUT2D eigenvalue weighted by atomic mass is 9.80. The number of unbranched alkanes of at least 4 members (excludes halogenated alkanes) is 5. The third-order valence-corrected chi connectivity index (χ3v) is 9.37. The molecule has 0 aromatic heterocycles. The minimum Gasteiger partial charge on any atom is -0.394 e. The zero-order valence-corrected chi connectivity index (χ0v) is 31.2. The first-order chi connectivity index (χ1) is 23.5. The zero-order valence-electron chi connectivity index (χ0n) is 31.2. The molecular formula is C37H68N2O11. The number of aliphatic hydroxyl groups is 8. The van der Waals surface area contributed by atoms with Gasteiger partial charge in [0.1, 0.15) is 24.4 Å². The van der Waals surface area contributed by atoms with Gasteiger partial charge in [-0.15, -0.1) is 0 Å². The van der Waals surface area contributed by atoms with E-state index in [-0.39, 0.29) is 18.7 Å². The minimum absolute atomic E-state index is 0.107. The molecule has 7 atom stereocenters. The predicted molar refractivity (Wildman–Crippen MR) is 193 cm³/mol. The number of hydrogen-bond donors (Lipinski definition) is 9. The normalized spacial score (nSPS) is 17.2. The number of rotatable bonds is 28. The van der Waals surface area contributed by atoms with E-state index >= 15 is 0 Å². The van der Waals surface area contributed by atoms with Crippen LogP contribution in [0, 0.1) is 0 Å². The van der Waals surface area contributed by atoms with Crippen molar-refractivity contribution in [3.05, 3.63) is 36.5 Å². The van der Waals surface area contributed by atoms with Gasteiger partial charge in [-0.05, 0) is 72.6 Å². The average Bonchev–Trinajstić information content (AvgIpc) is 3.08. The van der Waals surface area contributed by atoms with Crippen molar-refractivity contribution in [2.75, 3.05) is 20.3 Å². The molecule has 0 spiro atoms. The number of allylic oxidation sites excluding steroid dienone is 6. The van der Waals surface area contributed by atoms with Gasteiger partial charge >= 0.3 is 0 Å². The molecule has 0 saturated carbocycles. The average molecular weight is 717 g/mol. The Morgan fingerprint density at radius 3 is 1.86 bits per heavy atom. The summed E-state index contributed by atoms with van der Waals surface area (Å²) in [6.07, 6.45) is 9.27. The molecule has 0 rings (SSSR count). The van der Waals surface area contributed by atoms with Gasteiger partial charge in [-0.2, -0.15) is 0 Å². The molecule has 0 aromatic carbocycles. The molecule has 50 heavy (non-hydrogen) atoms. The molecule has 292 valence electrons. The van der Waals surface area contributed by atoms with Gasteiger partial charge in [0.15, 0.2) is 12.4 Å². The van der Waals surface area contributed by atoms with Crippen molar-refractivity contribution in [2.45, 2.75) is 166 Å². The molecule has 0 aliphatic rings. The number of aliphatic hydroxyl groups excluding tert-OH is 8. The van der Waals surface area contributed by atoms with E-state index in [9.17, 15) is 45.3 Å². The molecule has 7 unspecified atom stereocenters. The van der Waals surface area contributed by atoms with Crippen molar-refractivity contribution in [2.24, 2.45) is 0 Å². The lowest BCUT2D eigenvalue weighted by Crippen LogP contribution is -2.67. The molecule has 0 saturated heterocycles. The second-order valence-corrected chi connectivity index (χ2v) is 13.9. The highest BCUT2D eigenvalue weighted by Crippen LogP contribution is 2.29. The SMILES string of the molecule is CC/C=C\C/C=C\C/C=C\CCCCCCCC(=O)N(C)C(C)(C)C(C)(C)NC(=O)C(O)C(O)C(OC(O)CCC(O)C(O)CO)C(O)CO. The van der Waals surface area contributed by atoms with E-state index in [1.54, 1.807) is 39.6 Å². The molecule has 13 heteroatoms. The van der Waals surface area contributed by atoms with Gasteiger partial charge < -0.3 is 55.8 Å². The number of carbonyl (C=O) groups is 2. The van der Waals surface area contributed by atoms with Gasteiger partial charge in [0.05, 0.1) is 30.4 Å². The van der Waals surface area contributed by atoms with Gasteiger partial charge in [-0.3, -0.25) is 9.59 Å². The Morgan fingerprint density at radius 2 is 1.28 bits per heavy atom. The maximum absolute atomic E-state index is 13.1. The number of carbonyl (C=O) groups excluding carboxylic acids is 2. The third-order valence-electron chi connectivity index (χ3n) is 9.37. The smallest absolute Gasteiger partial charge is 0.252 e. The van der Waals surface area contributed by atoms with Gasteiger partial charge in [0, 0.05) is 19.9 Å². The van der Waals surface area contributed by atoms with Crippen LogP contribution in [0.4, 0.5) is 0 Å². The van der Waals surface area contributed by atoms with Gasteiger partial charge in [-0.1, -0.05) is 62.6 Å². The Hall–Kier alpha value is -2.20. The predicted octanol–water partition coefficient (Wildman–Crippen LogP) is 1.98. The molecular weight excluding hydrogens is 648 g/mol. The first kappa shape index (κ1) is 47.8. The molecule has 0 heterocycles. The summed E-state index contributed by atoms with van der Waals surface area (Å²) in [5.41, 5.74) is -2.07. The van der Waals surface area contributed by atoms with E-state index in [4.69, 9.17) is 9.84 Å². The quantitative estimate of drug-likeness (QED) is 0.0324. The number of nitrogens with one attached hydrogen (secondary N) is 1. The maximum Gasteiger partial charge on any atom is 0.252 e. The van der Waals surface area contributed by atoms with Crippen molar-refractivity contribution < 1.29 is 55.2 Å². The van der Waals surface area contributed by atoms with Crippen LogP contribution in [0.3, 0.4) is 0 Å². The summed E-state index contributed by atoms with van der Waals surface area (Å²) in [7, 11) is 1.64. The van der Waals surface area contributed by atoms with Crippen LogP contribution in [0.5, 0.6) is 0 Å². The monoisotopic (exact) mass is 716 g/mol. The Labute approximate surface area is 299 Å². The molecule has 2 amide bonds. The number of hydrogen-bond acceptors (Lipinski definition) is 11. The maximum atomic E-state index is 13.1. The van der Waals surface area contributed by atoms with Crippen LogP contribution in [0.2, 0.25) is 0 Å². The lowest BCUT2D eigenvalue weighted by molar-refractivity contribution is -0.217. The van der Waals surface area contributed by atoms with Crippen LogP contribution < -0.4 is 5.32 Å². The molecule has 13 nitrogen and oxygen atoms in total. The molecule has 0 fully saturated rings. The number of amides is 2. The minimum atomic E-state index is -2.17. The largest absolute Gasteiger partial charge is 0.394 e. The Bertz CT molecular complexity index is 1020. The first-order valence-corrected chi connectivity index (χ1v) is 18.0. The Kier molecular flexibility index (Phi) is 24.6. The molecule has 0 aliphatic carbocycles. The van der Waals surface area contributed by atoms with Crippen molar-refractivity contribution in [1.82, 2.24) is 10.2 Å². The highest BCUT2D eigenvalue weighted by Gasteiger charge is 2.45. The standard InChI is InChI=1S/C37H68N2O11/c1-7-8-9-10-11-12-13-14-15-16-17-18-19-20-21-22-30(45)39(6)37(4,5)36(2,3)38-35(49)33(48)32(47)34(29(44)26-41)50-31(46)24-23-27(42)28(43)25-40/h8-9,11-12,14-15,27-29,31-34,40-44,46-48H,7,10,13,16-26H2,1-6H3,(H,38,49)/b9-8-,12-11-,15-14-. The summed E-state index contributed by atoms with van der Waals surface area (Å²) in [6, 6.07) is 0. The summed E-state index contributed by atoms with van der Waals surface area (Å²) in [6.45, 7) is 7.33. The van der Waals surface area contributed by atoms with Crippen LogP contribution in [0.25, 0.3) is 0 Å². The number of ether oxygens (including phenoxy) is 1. The molecule has 0 aliphatic heterocycles. The topological polar surface area (TPSA) is 220 Å². The second kappa shape index (κ2) is 25.7. The fourth-order valence-electron chi connectivity index (χ4n) is 5.04. The zero-order chi connectivity index (χ0) is 38.3. The second-order valence-electron chi connectivity index (χ2n) is 13.9. The van der Waals surface area contributed by atoms with Crippen molar-refractivity contribution in [3.8, 4) is 0 Å². The number of nitrogens with zero attached hydrogens (tertiary/aromatic N) is 1. The van der Waals surface area contributed by atoms with Crippen LogP contribution in [0.1, 0.15) is 112 Å². The van der Waals surface area contributed by atoms with E-state index in [1.165, 1.54) is 0 Å². The summed E-state index contributed by atoms with van der Waals surface area (Å²) in [5, 5.41) is 82.2. The van der Waals surface area contributed by atoms with E-state index in [2.05, 4.69) is 48.7 Å². The molecule has 0 bridgehead atoms. The molecule has 0 aromatic rings. The Morgan fingerprint density at radius 1 is 0.740 bits per heavy atom. The van der Waals surface area contributed by atoms with Crippen molar-refractivity contribution >= 4 is 11.8 Å². The summed E-state index contributed by atoms with van der Waals surface area (Å²) < 4.78 is 5.21. The highest BCUT2D eigenvalue weighted by atomic mass is 16.6. The highest BCUT2D eigenvalue weighted by molar-refractivity contribution is 5.82. The molecule has 9 N–H and O–H groups in total. The first-order valence-electron chi connectivity index (χ1n) is 18.0. The van der Waals surface area contributed by atoms with Gasteiger partial charge in [0.25, 0.3) is 5.91 Å².